The van der Waals surface area contributed by atoms with Crippen molar-refractivity contribution in [3.63, 3.8) is 0 Å². The Labute approximate surface area is 247 Å². The van der Waals surface area contributed by atoms with E-state index in [0.29, 0.717) is 23.4 Å². The summed E-state index contributed by atoms with van der Waals surface area (Å²) in [5, 5.41) is 4.13. The second-order valence-electron chi connectivity index (χ2n) is 11.3. The number of nitrogens with zero attached hydrogens (tertiary/aromatic N) is 3. The molecule has 204 valence electrons. The number of hydrogen-bond acceptors (Lipinski definition) is 5. The third-order valence-electron chi connectivity index (χ3n) is 8.47. The largest absolute Gasteiger partial charge is 0.456 e. The smallest absolute Gasteiger partial charge is 0.167 e. The van der Waals surface area contributed by atoms with Crippen molar-refractivity contribution in [2.24, 2.45) is 5.92 Å². The number of hydrogen-bond donors (Lipinski definition) is 0. The number of allylic oxidation sites excluding steroid dienone is 1. The summed E-state index contributed by atoms with van der Waals surface area (Å²) in [6, 6.07) is 34.9. The Bertz CT molecular complexity index is 2410. The van der Waals surface area contributed by atoms with E-state index in [1.807, 2.05) is 60.7 Å². The molecule has 9 rings (SSSR count). The van der Waals surface area contributed by atoms with E-state index in [4.69, 9.17) is 23.8 Å². The molecule has 0 fully saturated rings. The van der Waals surface area contributed by atoms with Crippen LogP contribution in [0, 0.1) is 5.92 Å². The summed E-state index contributed by atoms with van der Waals surface area (Å²) < 4.78 is 12.6. The maximum absolute atomic E-state index is 6.41. The van der Waals surface area contributed by atoms with Gasteiger partial charge >= 0.3 is 0 Å². The van der Waals surface area contributed by atoms with Gasteiger partial charge in [0.2, 0.25) is 0 Å². The zero-order valence-corrected chi connectivity index (χ0v) is 23.4. The van der Waals surface area contributed by atoms with Crippen LogP contribution in [0.15, 0.2) is 118 Å². The number of rotatable bonds is 3. The van der Waals surface area contributed by atoms with Crippen LogP contribution in [-0.4, -0.2) is 15.0 Å². The highest BCUT2D eigenvalue weighted by Gasteiger charge is 2.21. The molecule has 1 atom stereocenters. The van der Waals surface area contributed by atoms with Gasteiger partial charge < -0.3 is 8.83 Å². The van der Waals surface area contributed by atoms with E-state index in [1.165, 1.54) is 11.1 Å². The van der Waals surface area contributed by atoms with Crippen LogP contribution < -0.4 is 0 Å². The average Bonchev–Trinajstić information content (AvgIpc) is 3.63. The van der Waals surface area contributed by atoms with Crippen molar-refractivity contribution < 1.29 is 8.83 Å². The maximum Gasteiger partial charge on any atom is 0.167 e. The van der Waals surface area contributed by atoms with Crippen molar-refractivity contribution >= 4 is 50.0 Å². The van der Waals surface area contributed by atoms with E-state index in [1.54, 1.807) is 0 Å². The molecular weight excluding hydrogens is 530 g/mol. The minimum Gasteiger partial charge on any atom is -0.456 e. The molecule has 3 heterocycles. The van der Waals surface area contributed by atoms with Crippen LogP contribution in [0.25, 0.3) is 84.1 Å². The molecule has 3 aromatic heterocycles. The molecule has 0 saturated heterocycles. The molecule has 1 unspecified atom stereocenters. The van der Waals surface area contributed by atoms with Gasteiger partial charge in [-0.2, -0.15) is 0 Å². The molecule has 1 aliphatic rings. The first kappa shape index (κ1) is 24.1. The summed E-state index contributed by atoms with van der Waals surface area (Å²) in [5.41, 5.74) is 8.49. The Morgan fingerprint density at radius 2 is 1.28 bits per heavy atom. The molecule has 0 bridgehead atoms. The van der Waals surface area contributed by atoms with Crippen molar-refractivity contribution in [3.05, 3.63) is 120 Å². The van der Waals surface area contributed by atoms with E-state index in [9.17, 15) is 0 Å². The lowest BCUT2D eigenvalue weighted by atomic mass is 9.89. The quantitative estimate of drug-likeness (QED) is 0.217. The molecular formula is C38H25N3O2. The topological polar surface area (TPSA) is 65.0 Å². The Morgan fingerprint density at radius 3 is 2.16 bits per heavy atom. The first-order chi connectivity index (χ1) is 21.2. The molecule has 8 aromatic rings. The summed E-state index contributed by atoms with van der Waals surface area (Å²) in [6.45, 7) is 2.25. The van der Waals surface area contributed by atoms with Gasteiger partial charge in [0, 0.05) is 32.7 Å². The van der Waals surface area contributed by atoms with Crippen LogP contribution >= 0.6 is 0 Å². The second kappa shape index (κ2) is 9.23. The van der Waals surface area contributed by atoms with Gasteiger partial charge in [-0.1, -0.05) is 91.9 Å². The fraction of sp³-hybridized carbons (Fsp3) is 0.0789. The van der Waals surface area contributed by atoms with E-state index >= 15 is 0 Å². The average molecular weight is 556 g/mol. The highest BCUT2D eigenvalue weighted by Crippen LogP contribution is 2.39. The molecule has 0 aliphatic heterocycles. The predicted octanol–water partition coefficient (Wildman–Crippen LogP) is 9.88. The van der Waals surface area contributed by atoms with Gasteiger partial charge in [-0.3, -0.25) is 0 Å². The van der Waals surface area contributed by atoms with Crippen molar-refractivity contribution in [1.29, 1.82) is 0 Å². The first-order valence-corrected chi connectivity index (χ1v) is 14.6. The van der Waals surface area contributed by atoms with E-state index < -0.39 is 0 Å². The molecule has 43 heavy (non-hydrogen) atoms. The van der Waals surface area contributed by atoms with Gasteiger partial charge in [0.25, 0.3) is 0 Å². The van der Waals surface area contributed by atoms with E-state index in [0.717, 1.165) is 67.0 Å². The van der Waals surface area contributed by atoms with Crippen LogP contribution in [0.4, 0.5) is 0 Å². The molecule has 5 aromatic carbocycles. The molecule has 0 amide bonds. The lowest BCUT2D eigenvalue weighted by Gasteiger charge is -2.17. The number of furan rings is 2. The summed E-state index contributed by atoms with van der Waals surface area (Å²) in [7, 11) is 0. The molecule has 0 N–H and O–H groups in total. The zero-order chi connectivity index (χ0) is 28.5. The van der Waals surface area contributed by atoms with Crippen LogP contribution in [-0.2, 0) is 6.42 Å². The van der Waals surface area contributed by atoms with Crippen molar-refractivity contribution in [1.82, 2.24) is 15.0 Å². The van der Waals surface area contributed by atoms with Gasteiger partial charge in [0.15, 0.2) is 17.5 Å². The molecule has 0 radical (unpaired) electrons. The van der Waals surface area contributed by atoms with Crippen molar-refractivity contribution in [3.8, 4) is 34.2 Å². The molecule has 5 heteroatoms. The third-order valence-corrected chi connectivity index (χ3v) is 8.47. The van der Waals surface area contributed by atoms with Crippen LogP contribution in [0.3, 0.4) is 0 Å². The summed E-state index contributed by atoms with van der Waals surface area (Å²) in [6.07, 6.45) is 5.47. The van der Waals surface area contributed by atoms with Gasteiger partial charge in [-0.25, -0.2) is 15.0 Å². The normalized spacial score (nSPS) is 14.7. The lowest BCUT2D eigenvalue weighted by Crippen LogP contribution is -2.05. The number of benzene rings is 5. The van der Waals surface area contributed by atoms with E-state index in [2.05, 4.69) is 61.5 Å². The fourth-order valence-electron chi connectivity index (χ4n) is 6.40. The molecule has 0 saturated carbocycles. The van der Waals surface area contributed by atoms with Crippen molar-refractivity contribution in [2.45, 2.75) is 13.3 Å². The molecule has 1 aliphatic carbocycles. The third kappa shape index (κ3) is 3.82. The lowest BCUT2D eigenvalue weighted by molar-refractivity contribution is 0.668. The van der Waals surface area contributed by atoms with Crippen LogP contribution in [0.1, 0.15) is 18.1 Å². The molecule has 0 spiro atoms. The number of fused-ring (bicyclic) bond motifs is 7. The van der Waals surface area contributed by atoms with Crippen LogP contribution in [0.2, 0.25) is 0 Å². The number of aromatic nitrogens is 3. The van der Waals surface area contributed by atoms with Gasteiger partial charge in [0.05, 0.1) is 5.56 Å². The summed E-state index contributed by atoms with van der Waals surface area (Å²) in [5.74, 6) is 2.28. The Kier molecular flexibility index (Phi) is 5.17. The zero-order valence-electron chi connectivity index (χ0n) is 23.4. The monoisotopic (exact) mass is 555 g/mol. The Hall–Kier alpha value is -5.55. The van der Waals surface area contributed by atoms with Gasteiger partial charge in [-0.05, 0) is 53.8 Å². The summed E-state index contributed by atoms with van der Waals surface area (Å²) >= 11 is 0. The standard InChI is InChI=1S/C38H25N3O2/c1-22-16-17-23-18-19-24(21-25(23)20-22)36-39-37(29-11-7-15-33-34(29)28-9-3-5-14-32(28)42-33)41-38(40-36)30-12-6-10-27-26-8-2-4-13-31(26)43-35(27)30/h2-19,21-22H,20H2,1H3. The second-order valence-corrected chi connectivity index (χ2v) is 11.3. The summed E-state index contributed by atoms with van der Waals surface area (Å²) in [4.78, 5) is 15.3. The highest BCUT2D eigenvalue weighted by molar-refractivity contribution is 6.12. The van der Waals surface area contributed by atoms with Crippen molar-refractivity contribution in [2.75, 3.05) is 0 Å². The SMILES string of the molecule is CC1C=Cc2ccc(-c3nc(-c4cccc5c4oc4ccccc45)nc(-c4cccc5oc6ccccc6c45)n3)cc2C1. The molecule has 5 nitrogen and oxygen atoms in total. The van der Waals surface area contributed by atoms with Gasteiger partial charge in [-0.15, -0.1) is 0 Å². The highest BCUT2D eigenvalue weighted by atomic mass is 16.3. The van der Waals surface area contributed by atoms with E-state index in [-0.39, 0.29) is 0 Å². The first-order valence-electron chi connectivity index (χ1n) is 14.6. The Morgan fingerprint density at radius 1 is 0.605 bits per heavy atom. The van der Waals surface area contributed by atoms with Gasteiger partial charge in [0.1, 0.15) is 22.3 Å². The fourth-order valence-corrected chi connectivity index (χ4v) is 6.40. The maximum atomic E-state index is 6.41. The Balaban J connectivity index is 1.33. The minimum atomic E-state index is 0.491. The van der Waals surface area contributed by atoms with Crippen LogP contribution in [0.5, 0.6) is 0 Å². The predicted molar refractivity (Wildman–Crippen MR) is 173 cm³/mol. The number of para-hydroxylation sites is 3. The minimum absolute atomic E-state index is 0.491.